The Morgan fingerprint density at radius 2 is 1.14 bits per heavy atom. The van der Waals surface area contributed by atoms with Gasteiger partial charge in [0.15, 0.2) is 0 Å². The lowest BCUT2D eigenvalue weighted by molar-refractivity contribution is 0.619. The zero-order valence-electron chi connectivity index (χ0n) is 27.2. The van der Waals surface area contributed by atoms with Gasteiger partial charge in [-0.25, -0.2) is 8.78 Å². The maximum Gasteiger partial charge on any atom is 0.147 e. The smallest absolute Gasteiger partial charge is 0.147 e. The zero-order chi connectivity index (χ0) is 34.1. The van der Waals surface area contributed by atoms with Gasteiger partial charge in [-0.2, -0.15) is 0 Å². The highest BCUT2D eigenvalue weighted by atomic mass is 32.1. The van der Waals surface area contributed by atoms with Crippen molar-refractivity contribution >= 4 is 93.3 Å². The molecule has 0 radical (unpaired) electrons. The number of para-hydroxylation sites is 3. The Kier molecular flexibility index (Phi) is 6.76. The maximum absolute atomic E-state index is 15.2. The summed E-state index contributed by atoms with van der Waals surface area (Å²) in [7, 11) is 0. The summed E-state index contributed by atoms with van der Waals surface area (Å²) >= 11 is 1.68. The van der Waals surface area contributed by atoms with Crippen molar-refractivity contribution in [2.45, 2.75) is 0 Å². The molecule has 0 amide bonds. The van der Waals surface area contributed by atoms with Crippen molar-refractivity contribution in [3.8, 4) is 5.69 Å². The van der Waals surface area contributed by atoms with Crippen molar-refractivity contribution in [1.29, 1.82) is 0 Å². The molecule has 0 N–H and O–H groups in total. The van der Waals surface area contributed by atoms with Gasteiger partial charge in [0.05, 0.1) is 22.4 Å². The number of anilines is 3. The highest BCUT2D eigenvalue weighted by Gasteiger charge is 2.20. The van der Waals surface area contributed by atoms with E-state index in [-0.39, 0.29) is 0 Å². The highest BCUT2D eigenvalue weighted by molar-refractivity contribution is 7.25. The number of rotatable bonds is 6. The van der Waals surface area contributed by atoms with E-state index in [9.17, 15) is 0 Å². The van der Waals surface area contributed by atoms with Gasteiger partial charge in [-0.05, 0) is 94.7 Å². The second-order valence-electron chi connectivity index (χ2n) is 12.9. The molecule has 8 aromatic carbocycles. The minimum absolute atomic E-state index is 0.294. The van der Waals surface area contributed by atoms with E-state index in [0.717, 1.165) is 37.0 Å². The van der Waals surface area contributed by atoms with Crippen LogP contribution >= 0.6 is 11.3 Å². The topological polar surface area (TPSA) is 8.17 Å². The summed E-state index contributed by atoms with van der Waals surface area (Å²) in [5.74, 6) is -0.835. The van der Waals surface area contributed by atoms with Gasteiger partial charge in [0.25, 0.3) is 0 Å². The van der Waals surface area contributed by atoms with Crippen LogP contribution < -0.4 is 4.90 Å². The summed E-state index contributed by atoms with van der Waals surface area (Å²) in [6.07, 6.45) is 4.37. The fourth-order valence-electron chi connectivity index (χ4n) is 7.56. The Morgan fingerprint density at radius 3 is 1.90 bits per heavy atom. The van der Waals surface area contributed by atoms with Crippen LogP contribution in [0.15, 0.2) is 158 Å². The molecule has 2 heterocycles. The number of hydrogen-bond acceptors (Lipinski definition) is 2. The SMILES string of the molecule is Fc1ccccc1N(c1ccc2c(c1)sc1cc(C=Cc3cc4ccc5cccc6c5c4c(c3)n6-c3ccccc3)ccc12)c1ccccc1F. The van der Waals surface area contributed by atoms with Crippen molar-refractivity contribution in [2.24, 2.45) is 0 Å². The molecule has 0 aliphatic rings. The predicted octanol–water partition coefficient (Wildman–Crippen LogP) is 13.7. The Morgan fingerprint density at radius 1 is 0.490 bits per heavy atom. The average Bonchev–Trinajstić information content (AvgIpc) is 3.70. The third kappa shape index (κ3) is 4.81. The number of aromatic nitrogens is 1. The van der Waals surface area contributed by atoms with Gasteiger partial charge < -0.3 is 9.47 Å². The Hall–Kier alpha value is -6.30. The van der Waals surface area contributed by atoms with E-state index >= 15 is 8.78 Å². The van der Waals surface area contributed by atoms with Crippen molar-refractivity contribution in [1.82, 2.24) is 4.57 Å². The Bertz CT molecular complexity index is 2910. The molecule has 10 rings (SSSR count). The molecule has 51 heavy (non-hydrogen) atoms. The lowest BCUT2D eigenvalue weighted by atomic mass is 10.00. The molecule has 0 saturated carbocycles. The Labute approximate surface area is 296 Å². The molecule has 2 nitrogen and oxygen atoms in total. The monoisotopic (exact) mass is 678 g/mol. The minimum atomic E-state index is -0.417. The van der Waals surface area contributed by atoms with Crippen LogP contribution in [0.4, 0.5) is 25.8 Å². The second-order valence-corrected chi connectivity index (χ2v) is 13.9. The fourth-order valence-corrected chi connectivity index (χ4v) is 8.75. The van der Waals surface area contributed by atoms with Crippen molar-refractivity contribution in [3.63, 3.8) is 0 Å². The molecule has 242 valence electrons. The molecule has 0 bridgehead atoms. The molecule has 0 aliphatic carbocycles. The first kappa shape index (κ1) is 29.6. The third-order valence-electron chi connectivity index (χ3n) is 9.83. The zero-order valence-corrected chi connectivity index (χ0v) is 28.0. The second kappa shape index (κ2) is 11.7. The molecule has 5 heteroatoms. The normalized spacial score (nSPS) is 12.0. The summed E-state index contributed by atoms with van der Waals surface area (Å²) in [6.45, 7) is 0. The summed E-state index contributed by atoms with van der Waals surface area (Å²) in [5.41, 5.74) is 7.07. The van der Waals surface area contributed by atoms with E-state index in [0.29, 0.717) is 17.1 Å². The van der Waals surface area contributed by atoms with Crippen LogP contribution in [0.3, 0.4) is 0 Å². The average molecular weight is 679 g/mol. The van der Waals surface area contributed by atoms with Gasteiger partial charge in [-0.1, -0.05) is 97.1 Å². The number of fused-ring (bicyclic) bond motifs is 3. The minimum Gasteiger partial charge on any atom is -0.309 e. The molecular weight excluding hydrogens is 651 g/mol. The molecule has 0 spiro atoms. The van der Waals surface area contributed by atoms with E-state index < -0.39 is 11.6 Å². The summed E-state index contributed by atoms with van der Waals surface area (Å²) < 4.78 is 34.9. The summed E-state index contributed by atoms with van der Waals surface area (Å²) in [5, 5.41) is 7.33. The predicted molar refractivity (Wildman–Crippen MR) is 212 cm³/mol. The van der Waals surface area contributed by atoms with E-state index in [1.54, 1.807) is 52.6 Å². The van der Waals surface area contributed by atoms with E-state index in [2.05, 4.69) is 114 Å². The number of thiophene rings is 1. The Balaban J connectivity index is 1.05. The van der Waals surface area contributed by atoms with Gasteiger partial charge in [0, 0.05) is 42.3 Å². The van der Waals surface area contributed by atoms with Gasteiger partial charge in [-0.3, -0.25) is 0 Å². The molecule has 2 aromatic heterocycles. The lowest BCUT2D eigenvalue weighted by Gasteiger charge is -2.26. The molecule has 0 unspecified atom stereocenters. The van der Waals surface area contributed by atoms with Gasteiger partial charge in [0.1, 0.15) is 11.6 Å². The molecule has 0 aliphatic heterocycles. The van der Waals surface area contributed by atoms with Gasteiger partial charge >= 0.3 is 0 Å². The lowest BCUT2D eigenvalue weighted by Crippen LogP contribution is -2.13. The largest absolute Gasteiger partial charge is 0.309 e. The number of benzene rings is 8. The van der Waals surface area contributed by atoms with Crippen LogP contribution in [0.25, 0.3) is 70.6 Å². The van der Waals surface area contributed by atoms with Crippen LogP contribution in [-0.4, -0.2) is 4.57 Å². The van der Waals surface area contributed by atoms with Gasteiger partial charge in [-0.15, -0.1) is 11.3 Å². The van der Waals surface area contributed by atoms with E-state index in [4.69, 9.17) is 0 Å². The van der Waals surface area contributed by atoms with Crippen molar-refractivity contribution < 1.29 is 8.78 Å². The quantitative estimate of drug-likeness (QED) is 0.126. The number of nitrogens with zero attached hydrogens (tertiary/aromatic N) is 2. The summed E-state index contributed by atoms with van der Waals surface area (Å²) in [4.78, 5) is 1.65. The third-order valence-corrected chi connectivity index (χ3v) is 10.9. The number of hydrogen-bond donors (Lipinski definition) is 0. The first-order valence-electron chi connectivity index (χ1n) is 16.9. The van der Waals surface area contributed by atoms with Crippen LogP contribution in [-0.2, 0) is 0 Å². The number of halogens is 2. The molecule has 0 fully saturated rings. The molecule has 0 saturated heterocycles. The summed E-state index contributed by atoms with van der Waals surface area (Å²) in [6, 6.07) is 51.7. The fraction of sp³-hybridized carbons (Fsp3) is 0. The molecule has 10 aromatic rings. The van der Waals surface area contributed by atoms with Crippen LogP contribution in [0, 0.1) is 11.6 Å². The standard InChI is InChI=1S/C46H28F2N2S/c47-37-12-4-6-14-39(37)50(40-15-7-5-13-38(40)48)34-22-24-36-35-23-19-29(27-43(35)51-44(36)28-34)17-18-30-25-32-21-20-31-9-8-16-41-45(31)46(32)42(26-30)49(41)33-10-2-1-3-11-33/h1-28H. The first-order chi connectivity index (χ1) is 25.1. The molecular formula is C46H28F2N2S. The van der Waals surface area contributed by atoms with E-state index in [1.807, 2.05) is 12.1 Å². The van der Waals surface area contributed by atoms with Crippen LogP contribution in [0.2, 0.25) is 0 Å². The van der Waals surface area contributed by atoms with Gasteiger partial charge in [0.2, 0.25) is 0 Å². The first-order valence-corrected chi connectivity index (χ1v) is 17.7. The highest BCUT2D eigenvalue weighted by Crippen LogP contribution is 2.43. The molecule has 0 atom stereocenters. The van der Waals surface area contributed by atoms with Crippen LogP contribution in [0.1, 0.15) is 11.1 Å². The maximum atomic E-state index is 15.2. The van der Waals surface area contributed by atoms with Crippen molar-refractivity contribution in [2.75, 3.05) is 4.90 Å². The van der Waals surface area contributed by atoms with Crippen LogP contribution in [0.5, 0.6) is 0 Å². The van der Waals surface area contributed by atoms with Crippen molar-refractivity contribution in [3.05, 3.63) is 180 Å². The van der Waals surface area contributed by atoms with E-state index in [1.165, 1.54) is 44.7 Å².